The molecule has 1 aromatic heterocycles. The molecule has 0 aliphatic carbocycles. The van der Waals surface area contributed by atoms with Crippen LogP contribution in [0.25, 0.3) is 0 Å². The molecule has 0 radical (unpaired) electrons. The number of benzene rings is 1. The summed E-state index contributed by atoms with van der Waals surface area (Å²) in [6.07, 6.45) is -1.42. The van der Waals surface area contributed by atoms with Crippen LogP contribution in [-0.4, -0.2) is 42.0 Å². The third-order valence-corrected chi connectivity index (χ3v) is 4.32. The minimum atomic E-state index is -4.48. The SMILES string of the molecule is O=C(c1cccnc1)N1CCN(c2ccc(Cl)cc2C(F)(F)F)CC1. The Morgan fingerprint density at radius 3 is 2.44 bits per heavy atom. The third-order valence-electron chi connectivity index (χ3n) is 4.08. The van der Waals surface area contributed by atoms with Gasteiger partial charge in [-0.2, -0.15) is 13.2 Å². The fourth-order valence-corrected chi connectivity index (χ4v) is 3.01. The second kappa shape index (κ2) is 6.92. The maximum absolute atomic E-state index is 13.3. The monoisotopic (exact) mass is 369 g/mol. The third kappa shape index (κ3) is 3.87. The van der Waals surface area contributed by atoms with Crippen molar-refractivity contribution in [2.75, 3.05) is 31.1 Å². The number of hydrogen-bond acceptors (Lipinski definition) is 3. The molecule has 2 heterocycles. The predicted molar refractivity (Wildman–Crippen MR) is 88.8 cm³/mol. The maximum atomic E-state index is 13.3. The average molecular weight is 370 g/mol. The van der Waals surface area contributed by atoms with Crippen LogP contribution in [0.3, 0.4) is 0 Å². The van der Waals surface area contributed by atoms with Gasteiger partial charge in [-0.25, -0.2) is 0 Å². The summed E-state index contributed by atoms with van der Waals surface area (Å²) in [5, 5.41) is 0.0430. The number of carbonyl (C=O) groups is 1. The van der Waals surface area contributed by atoms with Crippen molar-refractivity contribution in [1.82, 2.24) is 9.88 Å². The number of piperazine rings is 1. The molecule has 1 fully saturated rings. The number of hydrogen-bond donors (Lipinski definition) is 0. The Hall–Kier alpha value is -2.28. The van der Waals surface area contributed by atoms with Crippen molar-refractivity contribution in [3.63, 3.8) is 0 Å². The van der Waals surface area contributed by atoms with Crippen LogP contribution in [0.2, 0.25) is 5.02 Å². The normalized spacial score (nSPS) is 15.4. The van der Waals surface area contributed by atoms with E-state index >= 15 is 0 Å². The van der Waals surface area contributed by atoms with Crippen molar-refractivity contribution < 1.29 is 18.0 Å². The number of carbonyl (C=O) groups excluding carboxylic acids is 1. The van der Waals surface area contributed by atoms with E-state index in [2.05, 4.69) is 4.98 Å². The van der Waals surface area contributed by atoms with Crippen LogP contribution in [0.4, 0.5) is 18.9 Å². The van der Waals surface area contributed by atoms with E-state index in [0.29, 0.717) is 31.7 Å². The molecule has 1 saturated heterocycles. The Kier molecular flexibility index (Phi) is 4.85. The number of aromatic nitrogens is 1. The van der Waals surface area contributed by atoms with E-state index in [1.807, 2.05) is 0 Å². The largest absolute Gasteiger partial charge is 0.418 e. The van der Waals surface area contributed by atoms with E-state index in [0.717, 1.165) is 6.07 Å². The second-order valence-corrected chi connectivity index (χ2v) is 6.12. The van der Waals surface area contributed by atoms with Crippen LogP contribution in [0, 0.1) is 0 Å². The van der Waals surface area contributed by atoms with Crippen molar-refractivity contribution in [2.45, 2.75) is 6.18 Å². The first kappa shape index (κ1) is 17.5. The van der Waals surface area contributed by atoms with Gasteiger partial charge < -0.3 is 9.80 Å². The molecule has 0 saturated carbocycles. The molecule has 25 heavy (non-hydrogen) atoms. The Labute approximate surface area is 147 Å². The molecular formula is C17H15ClF3N3O. The van der Waals surface area contributed by atoms with Crippen LogP contribution in [-0.2, 0) is 6.18 Å². The van der Waals surface area contributed by atoms with Gasteiger partial charge in [-0.05, 0) is 30.3 Å². The number of rotatable bonds is 2. The van der Waals surface area contributed by atoms with Crippen LogP contribution >= 0.6 is 11.6 Å². The number of halogens is 4. The van der Waals surface area contributed by atoms with Crippen molar-refractivity contribution >= 4 is 23.2 Å². The van der Waals surface area contributed by atoms with Gasteiger partial charge in [0.2, 0.25) is 0 Å². The summed E-state index contributed by atoms with van der Waals surface area (Å²) in [6, 6.07) is 7.10. The van der Waals surface area contributed by atoms with Crippen molar-refractivity contribution in [3.05, 3.63) is 58.9 Å². The summed E-state index contributed by atoms with van der Waals surface area (Å²) in [4.78, 5) is 19.6. The lowest BCUT2D eigenvalue weighted by Gasteiger charge is -2.37. The topological polar surface area (TPSA) is 36.4 Å². The lowest BCUT2D eigenvalue weighted by molar-refractivity contribution is -0.137. The van der Waals surface area contributed by atoms with E-state index in [9.17, 15) is 18.0 Å². The van der Waals surface area contributed by atoms with Crippen molar-refractivity contribution in [1.29, 1.82) is 0 Å². The lowest BCUT2D eigenvalue weighted by atomic mass is 10.1. The molecule has 1 amide bonds. The van der Waals surface area contributed by atoms with Gasteiger partial charge in [-0.1, -0.05) is 11.6 Å². The minimum Gasteiger partial charge on any atom is -0.367 e. The van der Waals surface area contributed by atoms with Crippen LogP contribution in [0.15, 0.2) is 42.7 Å². The second-order valence-electron chi connectivity index (χ2n) is 5.68. The van der Waals surface area contributed by atoms with Gasteiger partial charge in [-0.15, -0.1) is 0 Å². The number of amides is 1. The predicted octanol–water partition coefficient (Wildman–Crippen LogP) is 3.72. The zero-order chi connectivity index (χ0) is 18.0. The highest BCUT2D eigenvalue weighted by Crippen LogP contribution is 2.38. The first-order valence-corrected chi connectivity index (χ1v) is 8.05. The van der Waals surface area contributed by atoms with Gasteiger partial charge >= 0.3 is 6.18 Å². The van der Waals surface area contributed by atoms with Crippen LogP contribution in [0.1, 0.15) is 15.9 Å². The summed E-state index contributed by atoms with van der Waals surface area (Å²) in [5.41, 5.74) is -0.198. The summed E-state index contributed by atoms with van der Waals surface area (Å²) in [6.45, 7) is 1.31. The maximum Gasteiger partial charge on any atom is 0.418 e. The molecule has 1 aromatic carbocycles. The Morgan fingerprint density at radius 1 is 1.12 bits per heavy atom. The highest BCUT2D eigenvalue weighted by molar-refractivity contribution is 6.30. The average Bonchev–Trinajstić information content (AvgIpc) is 2.61. The molecule has 8 heteroatoms. The number of alkyl halides is 3. The molecule has 3 rings (SSSR count). The van der Waals surface area contributed by atoms with Gasteiger partial charge in [-0.3, -0.25) is 9.78 Å². The lowest BCUT2D eigenvalue weighted by Crippen LogP contribution is -2.49. The number of anilines is 1. The molecule has 0 N–H and O–H groups in total. The van der Waals surface area contributed by atoms with E-state index in [1.54, 1.807) is 28.1 Å². The van der Waals surface area contributed by atoms with Gasteiger partial charge in [0, 0.05) is 49.3 Å². The summed E-state index contributed by atoms with van der Waals surface area (Å²) < 4.78 is 39.8. The Bertz CT molecular complexity index is 759. The van der Waals surface area contributed by atoms with Crippen LogP contribution < -0.4 is 4.90 Å². The van der Waals surface area contributed by atoms with Crippen LogP contribution in [0.5, 0.6) is 0 Å². The fourth-order valence-electron chi connectivity index (χ4n) is 2.83. The molecule has 0 unspecified atom stereocenters. The Morgan fingerprint density at radius 2 is 1.84 bits per heavy atom. The summed E-state index contributed by atoms with van der Waals surface area (Å²) in [7, 11) is 0. The number of pyridine rings is 1. The first-order chi connectivity index (χ1) is 11.9. The molecule has 0 bridgehead atoms. The molecule has 0 spiro atoms. The standard InChI is InChI=1S/C17H15ClF3N3O/c18-13-3-4-15(14(10-13)17(19,20)21)23-6-8-24(9-7-23)16(25)12-2-1-5-22-11-12/h1-5,10-11H,6-9H2. The van der Waals surface area contributed by atoms with Gasteiger partial charge in [0.25, 0.3) is 5.91 Å². The molecule has 1 aliphatic heterocycles. The Balaban J connectivity index is 1.74. The van der Waals surface area contributed by atoms with E-state index < -0.39 is 11.7 Å². The smallest absolute Gasteiger partial charge is 0.367 e. The highest BCUT2D eigenvalue weighted by atomic mass is 35.5. The molecule has 4 nitrogen and oxygen atoms in total. The zero-order valence-corrected chi connectivity index (χ0v) is 13.9. The molecule has 0 atom stereocenters. The quantitative estimate of drug-likeness (QED) is 0.809. The fraction of sp³-hybridized carbons (Fsp3) is 0.294. The number of nitrogens with zero attached hydrogens (tertiary/aromatic N) is 3. The summed E-state index contributed by atoms with van der Waals surface area (Å²) >= 11 is 5.72. The van der Waals surface area contributed by atoms with Gasteiger partial charge in [0.15, 0.2) is 0 Å². The van der Waals surface area contributed by atoms with Gasteiger partial charge in [0.1, 0.15) is 0 Å². The molecular weight excluding hydrogens is 355 g/mol. The minimum absolute atomic E-state index is 0.0430. The van der Waals surface area contributed by atoms with Crippen molar-refractivity contribution in [3.8, 4) is 0 Å². The van der Waals surface area contributed by atoms with E-state index in [-0.39, 0.29) is 16.6 Å². The highest BCUT2D eigenvalue weighted by Gasteiger charge is 2.36. The zero-order valence-electron chi connectivity index (χ0n) is 13.1. The van der Waals surface area contributed by atoms with Crippen molar-refractivity contribution in [2.24, 2.45) is 0 Å². The van der Waals surface area contributed by atoms with Gasteiger partial charge in [0.05, 0.1) is 11.1 Å². The van der Waals surface area contributed by atoms with E-state index in [4.69, 9.17) is 11.6 Å². The molecule has 1 aliphatic rings. The summed E-state index contributed by atoms with van der Waals surface area (Å²) in [5.74, 6) is -0.167. The molecule has 2 aromatic rings. The first-order valence-electron chi connectivity index (χ1n) is 7.67. The van der Waals surface area contributed by atoms with E-state index in [1.165, 1.54) is 18.3 Å². The molecule has 132 valence electrons.